The Hall–Kier alpha value is -1.66. The van der Waals surface area contributed by atoms with E-state index in [0.717, 1.165) is 25.7 Å². The van der Waals surface area contributed by atoms with Crippen LogP contribution in [0, 0.1) is 0 Å². The quantitative estimate of drug-likeness (QED) is 0.459. The molecule has 0 aromatic carbocycles. The van der Waals surface area contributed by atoms with Crippen molar-refractivity contribution in [2.24, 2.45) is 5.84 Å². The van der Waals surface area contributed by atoms with Gasteiger partial charge in [-0.05, 0) is 25.0 Å². The number of hydrogen-bond donors (Lipinski definition) is 4. The van der Waals surface area contributed by atoms with Crippen molar-refractivity contribution in [1.29, 1.82) is 0 Å². The number of nitrogens with zero attached hydrogens (tertiary/aromatic N) is 1. The molecule has 0 spiro atoms. The van der Waals surface area contributed by atoms with E-state index < -0.39 is 6.10 Å². The molecule has 6 nitrogen and oxygen atoms in total. The van der Waals surface area contributed by atoms with Crippen LogP contribution >= 0.6 is 0 Å². The van der Waals surface area contributed by atoms with Gasteiger partial charge in [0.15, 0.2) is 0 Å². The molecule has 98 valence electrons. The molecule has 2 unspecified atom stereocenters. The minimum atomic E-state index is -0.460. The minimum Gasteiger partial charge on any atom is -0.391 e. The first-order valence-corrected chi connectivity index (χ1v) is 6.13. The number of carbonyl (C=O) groups excluding carboxylic acids is 1. The Balaban J connectivity index is 2.02. The highest BCUT2D eigenvalue weighted by Crippen LogP contribution is 2.18. The van der Waals surface area contributed by atoms with Gasteiger partial charge in [0, 0.05) is 0 Å². The number of hydrazine groups is 1. The monoisotopic (exact) mass is 250 g/mol. The SMILES string of the molecule is NNc1cccc(C(=O)NC2CCCCC2O)n1. The van der Waals surface area contributed by atoms with Crippen LogP contribution < -0.4 is 16.6 Å². The average Bonchev–Trinajstić information content (AvgIpc) is 2.41. The number of hydrogen-bond acceptors (Lipinski definition) is 5. The molecule has 1 aliphatic carbocycles. The van der Waals surface area contributed by atoms with Crippen LogP contribution in [0.3, 0.4) is 0 Å². The fraction of sp³-hybridized carbons (Fsp3) is 0.500. The zero-order valence-electron chi connectivity index (χ0n) is 10.1. The van der Waals surface area contributed by atoms with Gasteiger partial charge in [-0.25, -0.2) is 10.8 Å². The van der Waals surface area contributed by atoms with E-state index in [-0.39, 0.29) is 11.9 Å². The maximum Gasteiger partial charge on any atom is 0.270 e. The predicted molar refractivity (Wildman–Crippen MR) is 67.8 cm³/mol. The molecular weight excluding hydrogens is 232 g/mol. The number of anilines is 1. The van der Waals surface area contributed by atoms with Gasteiger partial charge in [-0.2, -0.15) is 0 Å². The fourth-order valence-corrected chi connectivity index (χ4v) is 2.16. The molecule has 1 heterocycles. The van der Waals surface area contributed by atoms with Crippen molar-refractivity contribution in [2.75, 3.05) is 5.43 Å². The summed E-state index contributed by atoms with van der Waals surface area (Å²) in [4.78, 5) is 16.0. The Labute approximate surface area is 106 Å². The number of nitrogens with one attached hydrogen (secondary N) is 2. The van der Waals surface area contributed by atoms with Crippen molar-refractivity contribution in [2.45, 2.75) is 37.8 Å². The zero-order chi connectivity index (χ0) is 13.0. The van der Waals surface area contributed by atoms with Gasteiger partial charge in [0.25, 0.3) is 5.91 Å². The van der Waals surface area contributed by atoms with E-state index in [9.17, 15) is 9.90 Å². The van der Waals surface area contributed by atoms with E-state index in [1.54, 1.807) is 18.2 Å². The molecule has 0 bridgehead atoms. The summed E-state index contributed by atoms with van der Waals surface area (Å²) in [7, 11) is 0. The first-order valence-electron chi connectivity index (χ1n) is 6.13. The van der Waals surface area contributed by atoms with E-state index in [2.05, 4.69) is 15.7 Å². The zero-order valence-corrected chi connectivity index (χ0v) is 10.1. The van der Waals surface area contributed by atoms with Crippen LogP contribution in [0.1, 0.15) is 36.2 Å². The summed E-state index contributed by atoms with van der Waals surface area (Å²) in [5, 5.41) is 12.6. The maximum absolute atomic E-state index is 12.0. The van der Waals surface area contributed by atoms with Gasteiger partial charge in [0.05, 0.1) is 12.1 Å². The lowest BCUT2D eigenvalue weighted by molar-refractivity contribution is 0.0714. The number of aliphatic hydroxyl groups excluding tert-OH is 1. The first-order chi connectivity index (χ1) is 8.70. The second-order valence-electron chi connectivity index (χ2n) is 4.48. The Bertz CT molecular complexity index is 424. The topological polar surface area (TPSA) is 100 Å². The number of nitrogen functional groups attached to an aromatic ring is 1. The highest BCUT2D eigenvalue weighted by molar-refractivity contribution is 5.92. The Kier molecular flexibility index (Phi) is 4.11. The number of nitrogens with two attached hydrogens (primary N) is 1. The molecule has 1 aliphatic rings. The minimum absolute atomic E-state index is 0.178. The van der Waals surface area contributed by atoms with Gasteiger partial charge < -0.3 is 15.8 Å². The highest BCUT2D eigenvalue weighted by atomic mass is 16.3. The van der Waals surface area contributed by atoms with E-state index >= 15 is 0 Å². The van der Waals surface area contributed by atoms with Crippen LogP contribution in [0.15, 0.2) is 18.2 Å². The third-order valence-electron chi connectivity index (χ3n) is 3.18. The van der Waals surface area contributed by atoms with Crippen LogP contribution in [0.25, 0.3) is 0 Å². The molecule has 2 rings (SSSR count). The number of carbonyl (C=O) groups is 1. The smallest absolute Gasteiger partial charge is 0.270 e. The maximum atomic E-state index is 12.0. The number of amides is 1. The highest BCUT2D eigenvalue weighted by Gasteiger charge is 2.25. The van der Waals surface area contributed by atoms with E-state index in [0.29, 0.717) is 11.5 Å². The third-order valence-corrected chi connectivity index (χ3v) is 3.18. The molecule has 18 heavy (non-hydrogen) atoms. The molecule has 5 N–H and O–H groups in total. The van der Waals surface area contributed by atoms with E-state index in [1.165, 1.54) is 0 Å². The first kappa shape index (κ1) is 12.8. The standard InChI is InChI=1S/C12H18N4O2/c13-16-11-7-3-5-9(14-11)12(18)15-8-4-1-2-6-10(8)17/h3,5,7-8,10,17H,1-2,4,6,13H2,(H,14,16)(H,15,18). The second-order valence-corrected chi connectivity index (χ2v) is 4.48. The lowest BCUT2D eigenvalue weighted by Gasteiger charge is -2.28. The van der Waals surface area contributed by atoms with Crippen molar-refractivity contribution in [3.05, 3.63) is 23.9 Å². The number of pyridine rings is 1. The van der Waals surface area contributed by atoms with Crippen LogP contribution in [0.4, 0.5) is 5.82 Å². The Morgan fingerprint density at radius 3 is 2.89 bits per heavy atom. The molecule has 0 saturated heterocycles. The number of rotatable bonds is 3. The van der Waals surface area contributed by atoms with Gasteiger partial charge in [-0.3, -0.25) is 4.79 Å². The van der Waals surface area contributed by atoms with Crippen molar-refractivity contribution in [3.8, 4) is 0 Å². The molecular formula is C12H18N4O2. The molecule has 1 amide bonds. The average molecular weight is 250 g/mol. The molecule has 1 saturated carbocycles. The molecule has 1 aromatic heterocycles. The van der Waals surface area contributed by atoms with Crippen LogP contribution in [0.5, 0.6) is 0 Å². The molecule has 0 aliphatic heterocycles. The third kappa shape index (κ3) is 2.96. The van der Waals surface area contributed by atoms with Gasteiger partial charge in [-0.15, -0.1) is 0 Å². The summed E-state index contributed by atoms with van der Waals surface area (Å²) >= 11 is 0. The number of aliphatic hydroxyl groups is 1. The summed E-state index contributed by atoms with van der Waals surface area (Å²) in [6.45, 7) is 0. The Morgan fingerprint density at radius 1 is 1.39 bits per heavy atom. The molecule has 0 radical (unpaired) electrons. The van der Waals surface area contributed by atoms with Gasteiger partial charge in [0.2, 0.25) is 0 Å². The summed E-state index contributed by atoms with van der Waals surface area (Å²) in [5.41, 5.74) is 2.69. The van der Waals surface area contributed by atoms with Gasteiger partial charge in [-0.1, -0.05) is 18.9 Å². The summed E-state index contributed by atoms with van der Waals surface area (Å²) < 4.78 is 0. The molecule has 1 fully saturated rings. The Morgan fingerprint density at radius 2 is 2.17 bits per heavy atom. The number of aromatic nitrogens is 1. The predicted octanol–water partition coefficient (Wildman–Crippen LogP) is 0.400. The van der Waals surface area contributed by atoms with Crippen LogP contribution in [0.2, 0.25) is 0 Å². The molecule has 2 atom stereocenters. The van der Waals surface area contributed by atoms with Crippen molar-refractivity contribution >= 4 is 11.7 Å². The van der Waals surface area contributed by atoms with Crippen molar-refractivity contribution in [3.63, 3.8) is 0 Å². The van der Waals surface area contributed by atoms with Crippen LogP contribution in [-0.4, -0.2) is 28.1 Å². The lowest BCUT2D eigenvalue weighted by Crippen LogP contribution is -2.45. The summed E-state index contributed by atoms with van der Waals surface area (Å²) in [5.74, 6) is 5.40. The summed E-state index contributed by atoms with van der Waals surface area (Å²) in [6.07, 6.45) is 3.13. The van der Waals surface area contributed by atoms with E-state index in [4.69, 9.17) is 5.84 Å². The van der Waals surface area contributed by atoms with Crippen molar-refractivity contribution in [1.82, 2.24) is 10.3 Å². The van der Waals surface area contributed by atoms with Crippen LogP contribution in [-0.2, 0) is 0 Å². The van der Waals surface area contributed by atoms with E-state index in [1.807, 2.05) is 0 Å². The van der Waals surface area contributed by atoms with Gasteiger partial charge in [0.1, 0.15) is 11.5 Å². The fourth-order valence-electron chi connectivity index (χ4n) is 2.16. The lowest BCUT2D eigenvalue weighted by atomic mass is 9.92. The molecule has 6 heteroatoms. The van der Waals surface area contributed by atoms with Crippen molar-refractivity contribution < 1.29 is 9.90 Å². The largest absolute Gasteiger partial charge is 0.391 e. The normalized spacial score (nSPS) is 23.4. The molecule has 1 aromatic rings. The second kappa shape index (κ2) is 5.79. The van der Waals surface area contributed by atoms with Gasteiger partial charge >= 0.3 is 0 Å². The summed E-state index contributed by atoms with van der Waals surface area (Å²) in [6, 6.07) is 4.81.